The molecule has 0 radical (unpaired) electrons. The fraction of sp³-hybridized carbons (Fsp3) is 0.143. The second-order valence-electron chi connectivity index (χ2n) is 4.42. The van der Waals surface area contributed by atoms with Crippen molar-refractivity contribution in [2.24, 2.45) is 0 Å². The van der Waals surface area contributed by atoms with Crippen molar-refractivity contribution in [2.45, 2.75) is 5.03 Å². The molecule has 0 spiro atoms. The van der Waals surface area contributed by atoms with E-state index in [4.69, 9.17) is 0 Å². The van der Waals surface area contributed by atoms with Gasteiger partial charge in [0.15, 0.2) is 0 Å². The molecule has 3 aromatic rings. The Bertz CT molecular complexity index is 725. The summed E-state index contributed by atoms with van der Waals surface area (Å²) in [4.78, 5) is 12.0. The molecule has 0 atom stereocenters. The fourth-order valence-corrected chi connectivity index (χ4v) is 2.49. The molecular formula is C14H14N6OS. The summed E-state index contributed by atoms with van der Waals surface area (Å²) >= 11 is 1.53. The largest absolute Gasteiger partial charge is 0.351 e. The van der Waals surface area contributed by atoms with Crippen molar-refractivity contribution in [2.75, 3.05) is 12.3 Å². The third kappa shape index (κ3) is 3.53. The lowest BCUT2D eigenvalue weighted by atomic mass is 10.3. The third-order valence-corrected chi connectivity index (χ3v) is 3.80. The number of carbonyl (C=O) groups excluding carboxylic acids is 1. The molecule has 1 amide bonds. The molecule has 7 nitrogen and oxygen atoms in total. The number of nitrogens with zero attached hydrogens (tertiary/aromatic N) is 4. The number of carbonyl (C=O) groups is 1. The van der Waals surface area contributed by atoms with E-state index in [9.17, 15) is 4.79 Å². The molecule has 0 saturated carbocycles. The molecule has 0 aliphatic rings. The number of benzene rings is 1. The lowest BCUT2D eigenvalue weighted by Gasteiger charge is -2.02. The van der Waals surface area contributed by atoms with E-state index in [1.54, 1.807) is 23.3 Å². The number of para-hydroxylation sites is 1. The van der Waals surface area contributed by atoms with Gasteiger partial charge in [0.25, 0.3) is 5.91 Å². The van der Waals surface area contributed by atoms with Gasteiger partial charge >= 0.3 is 0 Å². The van der Waals surface area contributed by atoms with Gasteiger partial charge in [-0.25, -0.2) is 4.68 Å². The molecule has 2 aromatic heterocycles. The third-order valence-electron chi connectivity index (χ3n) is 2.90. The van der Waals surface area contributed by atoms with Crippen LogP contribution < -0.4 is 5.32 Å². The van der Waals surface area contributed by atoms with E-state index in [2.05, 4.69) is 25.8 Å². The van der Waals surface area contributed by atoms with Gasteiger partial charge < -0.3 is 5.32 Å². The van der Waals surface area contributed by atoms with Gasteiger partial charge in [0.2, 0.25) is 0 Å². The Morgan fingerprint density at radius 2 is 2.14 bits per heavy atom. The number of nitrogens with one attached hydrogen (secondary N) is 2. The molecule has 0 fully saturated rings. The number of hydrogen-bond acceptors (Lipinski definition) is 5. The van der Waals surface area contributed by atoms with Crippen molar-refractivity contribution in [3.05, 3.63) is 54.5 Å². The zero-order valence-corrected chi connectivity index (χ0v) is 12.5. The van der Waals surface area contributed by atoms with E-state index < -0.39 is 0 Å². The molecule has 3 rings (SSSR count). The van der Waals surface area contributed by atoms with Crippen LogP contribution in [0.4, 0.5) is 0 Å². The Morgan fingerprint density at radius 1 is 1.27 bits per heavy atom. The van der Waals surface area contributed by atoms with Gasteiger partial charge in [0.1, 0.15) is 5.03 Å². The van der Waals surface area contributed by atoms with Gasteiger partial charge in [0.05, 0.1) is 23.6 Å². The second kappa shape index (κ2) is 6.90. The number of H-pyrrole nitrogens is 1. The van der Waals surface area contributed by atoms with Gasteiger partial charge in [-0.1, -0.05) is 18.2 Å². The fourth-order valence-electron chi connectivity index (χ4n) is 1.84. The van der Waals surface area contributed by atoms with Crippen LogP contribution in [-0.2, 0) is 0 Å². The van der Waals surface area contributed by atoms with Crippen LogP contribution in [0.5, 0.6) is 0 Å². The Balaban J connectivity index is 1.51. The Hall–Kier alpha value is -2.61. The topological polar surface area (TPSA) is 88.5 Å². The first-order chi connectivity index (χ1) is 10.8. The molecule has 2 heterocycles. The monoisotopic (exact) mass is 314 g/mol. The highest BCUT2D eigenvalue weighted by atomic mass is 32.2. The maximum Gasteiger partial charge on any atom is 0.254 e. The molecule has 112 valence electrons. The Morgan fingerprint density at radius 3 is 2.91 bits per heavy atom. The minimum atomic E-state index is -0.136. The minimum Gasteiger partial charge on any atom is -0.351 e. The van der Waals surface area contributed by atoms with Crippen LogP contribution in [-0.4, -0.2) is 43.4 Å². The van der Waals surface area contributed by atoms with Crippen LogP contribution in [0.25, 0.3) is 5.69 Å². The van der Waals surface area contributed by atoms with Crippen molar-refractivity contribution in [3.63, 3.8) is 0 Å². The van der Waals surface area contributed by atoms with Crippen LogP contribution in [0.3, 0.4) is 0 Å². The highest BCUT2D eigenvalue weighted by Gasteiger charge is 2.09. The minimum absolute atomic E-state index is 0.136. The molecule has 0 bridgehead atoms. The van der Waals surface area contributed by atoms with E-state index in [-0.39, 0.29) is 5.91 Å². The standard InChI is InChI=1S/C14H14N6OS/c21-14(15-6-7-22-13-9-16-19-18-13)11-8-17-20(10-11)12-4-2-1-3-5-12/h1-5,8-10H,6-7H2,(H,15,21)(H,16,18,19). The molecule has 22 heavy (non-hydrogen) atoms. The second-order valence-corrected chi connectivity index (χ2v) is 5.54. The van der Waals surface area contributed by atoms with Crippen molar-refractivity contribution in [3.8, 4) is 5.69 Å². The van der Waals surface area contributed by atoms with Crippen LogP contribution in [0, 0.1) is 0 Å². The Labute approximate surface area is 131 Å². The summed E-state index contributed by atoms with van der Waals surface area (Å²) < 4.78 is 1.68. The number of aromatic amines is 1. The first-order valence-electron chi connectivity index (χ1n) is 6.70. The number of thioether (sulfide) groups is 1. The summed E-state index contributed by atoms with van der Waals surface area (Å²) in [5, 5.41) is 18.1. The Kier molecular flexibility index (Phi) is 4.50. The van der Waals surface area contributed by atoms with Crippen molar-refractivity contribution in [1.29, 1.82) is 0 Å². The number of aromatic nitrogens is 5. The molecular weight excluding hydrogens is 300 g/mol. The molecule has 0 aliphatic heterocycles. The lowest BCUT2D eigenvalue weighted by molar-refractivity contribution is 0.0956. The first-order valence-corrected chi connectivity index (χ1v) is 7.68. The number of hydrogen-bond donors (Lipinski definition) is 2. The summed E-state index contributed by atoms with van der Waals surface area (Å²) in [6.07, 6.45) is 4.93. The van der Waals surface area contributed by atoms with Crippen LogP contribution in [0.2, 0.25) is 0 Å². The average Bonchev–Trinajstić information content (AvgIpc) is 3.24. The van der Waals surface area contributed by atoms with Crippen molar-refractivity contribution < 1.29 is 4.79 Å². The molecule has 1 aromatic carbocycles. The quantitative estimate of drug-likeness (QED) is 0.532. The van der Waals surface area contributed by atoms with Gasteiger partial charge in [-0.2, -0.15) is 15.4 Å². The predicted molar refractivity (Wildman–Crippen MR) is 83.0 cm³/mol. The summed E-state index contributed by atoms with van der Waals surface area (Å²) in [5.74, 6) is 0.591. The molecule has 0 saturated heterocycles. The highest BCUT2D eigenvalue weighted by molar-refractivity contribution is 7.99. The highest BCUT2D eigenvalue weighted by Crippen LogP contribution is 2.11. The number of rotatable bonds is 6. The van der Waals surface area contributed by atoms with Gasteiger partial charge in [0, 0.05) is 18.5 Å². The first kappa shape index (κ1) is 14.3. The van der Waals surface area contributed by atoms with Crippen LogP contribution >= 0.6 is 11.8 Å². The zero-order chi connectivity index (χ0) is 15.2. The van der Waals surface area contributed by atoms with E-state index in [0.29, 0.717) is 12.1 Å². The van der Waals surface area contributed by atoms with Crippen molar-refractivity contribution in [1.82, 2.24) is 30.5 Å². The summed E-state index contributed by atoms with van der Waals surface area (Å²) in [6, 6.07) is 9.66. The van der Waals surface area contributed by atoms with E-state index in [1.807, 2.05) is 30.3 Å². The predicted octanol–water partition coefficient (Wildman–Crippen LogP) is 1.51. The molecule has 0 aliphatic carbocycles. The smallest absolute Gasteiger partial charge is 0.254 e. The summed E-state index contributed by atoms with van der Waals surface area (Å²) in [6.45, 7) is 0.548. The van der Waals surface area contributed by atoms with Crippen molar-refractivity contribution >= 4 is 17.7 Å². The van der Waals surface area contributed by atoms with Gasteiger partial charge in [-0.05, 0) is 12.1 Å². The zero-order valence-electron chi connectivity index (χ0n) is 11.6. The van der Waals surface area contributed by atoms with E-state index in [0.717, 1.165) is 16.5 Å². The van der Waals surface area contributed by atoms with Gasteiger partial charge in [-0.3, -0.25) is 4.79 Å². The van der Waals surface area contributed by atoms with E-state index in [1.165, 1.54) is 11.8 Å². The maximum atomic E-state index is 12.0. The molecule has 0 unspecified atom stereocenters. The summed E-state index contributed by atoms with van der Waals surface area (Å²) in [7, 11) is 0. The normalized spacial score (nSPS) is 10.5. The van der Waals surface area contributed by atoms with E-state index >= 15 is 0 Å². The van der Waals surface area contributed by atoms with Gasteiger partial charge in [-0.15, -0.1) is 16.9 Å². The SMILES string of the molecule is O=C(NCCSc1cn[nH]n1)c1cnn(-c2ccccc2)c1. The maximum absolute atomic E-state index is 12.0. The van der Waals surface area contributed by atoms with Crippen LogP contribution in [0.15, 0.2) is 53.9 Å². The van der Waals surface area contributed by atoms with Crippen LogP contribution in [0.1, 0.15) is 10.4 Å². The number of amides is 1. The molecule has 8 heteroatoms. The average molecular weight is 314 g/mol. The summed E-state index contributed by atoms with van der Waals surface area (Å²) in [5.41, 5.74) is 1.46. The lowest BCUT2D eigenvalue weighted by Crippen LogP contribution is -2.25. The molecule has 2 N–H and O–H groups in total.